The quantitative estimate of drug-likeness (QED) is 0.842. The molecule has 2 aromatic rings. The van der Waals surface area contributed by atoms with Crippen molar-refractivity contribution in [2.75, 3.05) is 50.1 Å². The van der Waals surface area contributed by atoms with E-state index in [2.05, 4.69) is 14.9 Å². The van der Waals surface area contributed by atoms with Gasteiger partial charge in [-0.1, -0.05) is 11.6 Å². The molecule has 0 unspecified atom stereocenters. The predicted octanol–water partition coefficient (Wildman–Crippen LogP) is 2.47. The van der Waals surface area contributed by atoms with Crippen LogP contribution >= 0.6 is 11.6 Å². The van der Waals surface area contributed by atoms with Gasteiger partial charge >= 0.3 is 0 Å². The van der Waals surface area contributed by atoms with Crippen molar-refractivity contribution in [2.45, 2.75) is 6.92 Å². The molecule has 3 rings (SSSR count). The van der Waals surface area contributed by atoms with Crippen LogP contribution in [0.1, 0.15) is 16.2 Å². The Hall–Kier alpha value is -2.34. The maximum absolute atomic E-state index is 12.8. The van der Waals surface area contributed by atoms with Gasteiger partial charge in [0.25, 0.3) is 5.91 Å². The molecular weight excluding hydrogens is 338 g/mol. The number of anilines is 2. The molecule has 1 aromatic carbocycles. The number of carbonyl (C=O) groups excluding carboxylic acids is 1. The number of aryl methyl sites for hydroxylation is 1. The molecule has 0 N–H and O–H groups in total. The first-order valence-electron chi connectivity index (χ1n) is 8.27. The van der Waals surface area contributed by atoms with Crippen LogP contribution < -0.4 is 9.80 Å². The van der Waals surface area contributed by atoms with Crippen molar-refractivity contribution in [1.82, 2.24) is 14.9 Å². The van der Waals surface area contributed by atoms with Gasteiger partial charge in [0, 0.05) is 56.7 Å². The first-order valence-corrected chi connectivity index (χ1v) is 8.64. The van der Waals surface area contributed by atoms with E-state index in [1.54, 1.807) is 6.07 Å². The third kappa shape index (κ3) is 4.02. The van der Waals surface area contributed by atoms with E-state index in [4.69, 9.17) is 11.6 Å². The van der Waals surface area contributed by atoms with Gasteiger partial charge in [0.1, 0.15) is 5.69 Å². The van der Waals surface area contributed by atoms with E-state index in [9.17, 15) is 4.79 Å². The molecule has 0 radical (unpaired) electrons. The SMILES string of the molecule is Cc1cc(C(=O)N2CCN(c3ccc(Cl)cc3)CC2)nc(N(C)C)n1. The van der Waals surface area contributed by atoms with E-state index in [1.807, 2.05) is 55.1 Å². The number of hydrogen-bond donors (Lipinski definition) is 0. The lowest BCUT2D eigenvalue weighted by Gasteiger charge is -2.36. The molecule has 0 aliphatic carbocycles. The van der Waals surface area contributed by atoms with E-state index < -0.39 is 0 Å². The number of nitrogens with zero attached hydrogens (tertiary/aromatic N) is 5. The standard InChI is InChI=1S/C18H22ClN5O/c1-13-12-16(21-18(20-13)22(2)3)17(25)24-10-8-23(9-11-24)15-6-4-14(19)5-7-15/h4-7,12H,8-11H2,1-3H3. The normalized spacial score (nSPS) is 14.6. The fourth-order valence-corrected chi connectivity index (χ4v) is 2.97. The average molecular weight is 360 g/mol. The van der Waals surface area contributed by atoms with Gasteiger partial charge in [-0.15, -0.1) is 0 Å². The summed E-state index contributed by atoms with van der Waals surface area (Å²) in [7, 11) is 3.74. The average Bonchev–Trinajstić information content (AvgIpc) is 2.61. The third-order valence-corrected chi connectivity index (χ3v) is 4.47. The summed E-state index contributed by atoms with van der Waals surface area (Å²) in [5.41, 5.74) is 2.38. The number of aromatic nitrogens is 2. The highest BCUT2D eigenvalue weighted by atomic mass is 35.5. The van der Waals surface area contributed by atoms with Gasteiger partial charge in [0.2, 0.25) is 5.95 Å². The highest BCUT2D eigenvalue weighted by Gasteiger charge is 2.24. The molecule has 1 amide bonds. The van der Waals surface area contributed by atoms with Gasteiger partial charge in [0.05, 0.1) is 0 Å². The van der Waals surface area contributed by atoms with Crippen molar-refractivity contribution in [2.24, 2.45) is 0 Å². The fourth-order valence-electron chi connectivity index (χ4n) is 2.84. The molecule has 2 heterocycles. The van der Waals surface area contributed by atoms with Crippen LogP contribution in [0, 0.1) is 6.92 Å². The van der Waals surface area contributed by atoms with Crippen LogP contribution in [0.2, 0.25) is 5.02 Å². The molecule has 1 aliphatic rings. The Morgan fingerprint density at radius 2 is 1.72 bits per heavy atom. The van der Waals surface area contributed by atoms with Crippen LogP contribution in [0.4, 0.5) is 11.6 Å². The summed E-state index contributed by atoms with van der Waals surface area (Å²) in [6, 6.07) is 9.55. The number of piperazine rings is 1. The van der Waals surface area contributed by atoms with Crippen molar-refractivity contribution in [3.63, 3.8) is 0 Å². The minimum atomic E-state index is -0.0376. The molecule has 1 saturated heterocycles. The molecule has 25 heavy (non-hydrogen) atoms. The van der Waals surface area contributed by atoms with Crippen molar-refractivity contribution < 1.29 is 4.79 Å². The van der Waals surface area contributed by atoms with Gasteiger partial charge in [0.15, 0.2) is 0 Å². The number of amides is 1. The van der Waals surface area contributed by atoms with Gasteiger partial charge < -0.3 is 14.7 Å². The smallest absolute Gasteiger partial charge is 0.272 e. The highest BCUT2D eigenvalue weighted by molar-refractivity contribution is 6.30. The highest BCUT2D eigenvalue weighted by Crippen LogP contribution is 2.20. The molecule has 0 saturated carbocycles. The molecule has 7 heteroatoms. The van der Waals surface area contributed by atoms with Gasteiger partial charge in [-0.3, -0.25) is 4.79 Å². The number of hydrogen-bond acceptors (Lipinski definition) is 5. The molecular formula is C18H22ClN5O. The van der Waals surface area contributed by atoms with Gasteiger partial charge in [-0.25, -0.2) is 9.97 Å². The second-order valence-electron chi connectivity index (χ2n) is 6.34. The molecule has 0 spiro atoms. The zero-order valence-electron chi connectivity index (χ0n) is 14.7. The number of carbonyl (C=O) groups is 1. The summed E-state index contributed by atoms with van der Waals surface area (Å²) in [4.78, 5) is 27.5. The summed E-state index contributed by atoms with van der Waals surface area (Å²) in [5, 5.41) is 0.730. The van der Waals surface area contributed by atoms with Crippen LogP contribution in [-0.2, 0) is 0 Å². The molecule has 1 aromatic heterocycles. The molecule has 6 nitrogen and oxygen atoms in total. The fraction of sp³-hybridized carbons (Fsp3) is 0.389. The minimum absolute atomic E-state index is 0.0376. The van der Waals surface area contributed by atoms with Crippen LogP contribution in [0.15, 0.2) is 30.3 Å². The second-order valence-corrected chi connectivity index (χ2v) is 6.78. The summed E-state index contributed by atoms with van der Waals surface area (Å²) in [5.74, 6) is 0.521. The molecule has 0 atom stereocenters. The topological polar surface area (TPSA) is 52.6 Å². The maximum atomic E-state index is 12.8. The second kappa shape index (κ2) is 7.27. The lowest BCUT2D eigenvalue weighted by atomic mass is 10.2. The van der Waals surface area contributed by atoms with Crippen molar-refractivity contribution in [1.29, 1.82) is 0 Å². The summed E-state index contributed by atoms with van der Waals surface area (Å²) in [6.45, 7) is 4.80. The van der Waals surface area contributed by atoms with Crippen LogP contribution in [0.3, 0.4) is 0 Å². The Labute approximate surface area is 153 Å². The molecule has 1 aliphatic heterocycles. The van der Waals surface area contributed by atoms with Crippen molar-refractivity contribution >= 4 is 29.1 Å². The first-order chi connectivity index (χ1) is 11.9. The summed E-state index contributed by atoms with van der Waals surface area (Å²) < 4.78 is 0. The Morgan fingerprint density at radius 3 is 2.32 bits per heavy atom. The third-order valence-electron chi connectivity index (χ3n) is 4.22. The van der Waals surface area contributed by atoms with Gasteiger partial charge in [-0.2, -0.15) is 0 Å². The van der Waals surface area contributed by atoms with Crippen molar-refractivity contribution in [3.8, 4) is 0 Å². The monoisotopic (exact) mass is 359 g/mol. The van der Waals surface area contributed by atoms with E-state index in [0.29, 0.717) is 24.7 Å². The predicted molar refractivity (Wildman–Crippen MR) is 101 cm³/mol. The number of halogens is 1. The largest absolute Gasteiger partial charge is 0.368 e. The Balaban J connectivity index is 1.68. The zero-order chi connectivity index (χ0) is 18.0. The van der Waals surface area contributed by atoms with Crippen LogP contribution in [0.25, 0.3) is 0 Å². The molecule has 132 valence electrons. The minimum Gasteiger partial charge on any atom is -0.368 e. The zero-order valence-corrected chi connectivity index (χ0v) is 15.5. The van der Waals surface area contributed by atoms with Crippen molar-refractivity contribution in [3.05, 3.63) is 46.7 Å². The van der Waals surface area contributed by atoms with E-state index >= 15 is 0 Å². The number of benzene rings is 1. The summed E-state index contributed by atoms with van der Waals surface area (Å²) in [6.07, 6.45) is 0. The van der Waals surface area contributed by atoms with Crippen LogP contribution in [-0.4, -0.2) is 61.0 Å². The van der Waals surface area contributed by atoms with E-state index in [-0.39, 0.29) is 5.91 Å². The first kappa shape index (κ1) is 17.5. The Bertz CT molecular complexity index is 755. The maximum Gasteiger partial charge on any atom is 0.272 e. The van der Waals surface area contributed by atoms with Crippen LogP contribution in [0.5, 0.6) is 0 Å². The lowest BCUT2D eigenvalue weighted by Crippen LogP contribution is -2.49. The van der Waals surface area contributed by atoms with Gasteiger partial charge in [-0.05, 0) is 37.3 Å². The molecule has 0 bridgehead atoms. The summed E-state index contributed by atoms with van der Waals surface area (Å²) >= 11 is 5.94. The lowest BCUT2D eigenvalue weighted by molar-refractivity contribution is 0.0740. The Kier molecular flexibility index (Phi) is 5.08. The molecule has 1 fully saturated rings. The van der Waals surface area contributed by atoms with E-state index in [1.165, 1.54) is 0 Å². The Morgan fingerprint density at radius 1 is 1.08 bits per heavy atom. The van der Waals surface area contributed by atoms with E-state index in [0.717, 1.165) is 29.5 Å². The number of rotatable bonds is 3.